The van der Waals surface area contributed by atoms with Crippen molar-refractivity contribution in [3.8, 4) is 11.4 Å². The van der Waals surface area contributed by atoms with Gasteiger partial charge in [-0.25, -0.2) is 0 Å². The van der Waals surface area contributed by atoms with Crippen LogP contribution >= 0.6 is 23.8 Å². The topological polar surface area (TPSA) is 53.3 Å². The Bertz CT molecular complexity index is 1370. The zero-order valence-electron chi connectivity index (χ0n) is 19.2. The molecule has 5 rings (SSSR count). The van der Waals surface area contributed by atoms with Gasteiger partial charge in [0.15, 0.2) is 5.11 Å². The van der Waals surface area contributed by atoms with E-state index in [1.807, 2.05) is 29.7 Å². The van der Waals surface area contributed by atoms with Crippen LogP contribution in [0.4, 0.5) is 5.69 Å². The zero-order valence-corrected chi connectivity index (χ0v) is 20.7. The summed E-state index contributed by atoms with van der Waals surface area (Å²) in [7, 11) is 0. The first-order valence-corrected chi connectivity index (χ1v) is 11.9. The van der Waals surface area contributed by atoms with Crippen molar-refractivity contribution in [2.24, 2.45) is 0 Å². The lowest BCUT2D eigenvalue weighted by Crippen LogP contribution is -2.29. The van der Waals surface area contributed by atoms with Crippen molar-refractivity contribution in [2.75, 3.05) is 4.90 Å². The van der Waals surface area contributed by atoms with Crippen LogP contribution in [-0.2, 0) is 0 Å². The minimum absolute atomic E-state index is 0.133. The monoisotopic (exact) mass is 488 g/mol. The Morgan fingerprint density at radius 2 is 1.76 bits per heavy atom. The molecule has 2 aromatic heterocycles. The van der Waals surface area contributed by atoms with Gasteiger partial charge in [0.25, 0.3) is 0 Å². The highest BCUT2D eigenvalue weighted by Crippen LogP contribution is 2.44. The number of benzene rings is 2. The van der Waals surface area contributed by atoms with Gasteiger partial charge in [0, 0.05) is 28.3 Å². The highest BCUT2D eigenvalue weighted by Gasteiger charge is 2.42. The van der Waals surface area contributed by atoms with Gasteiger partial charge in [-0.05, 0) is 87.1 Å². The summed E-state index contributed by atoms with van der Waals surface area (Å²) in [5, 5.41) is 15.3. The van der Waals surface area contributed by atoms with Gasteiger partial charge in [-0.3, -0.25) is 4.98 Å². The molecule has 172 valence electrons. The van der Waals surface area contributed by atoms with Crippen molar-refractivity contribution in [2.45, 2.75) is 32.9 Å². The highest BCUT2D eigenvalue weighted by molar-refractivity contribution is 7.80. The molecule has 1 aliphatic rings. The number of hydrogen-bond donors (Lipinski definition) is 2. The summed E-state index contributed by atoms with van der Waals surface area (Å²) in [6.07, 6.45) is 1.80. The second-order valence-corrected chi connectivity index (χ2v) is 9.45. The third-order valence-electron chi connectivity index (χ3n) is 6.38. The lowest BCUT2D eigenvalue weighted by molar-refractivity contribution is 0.471. The Hall–Kier alpha value is -3.35. The van der Waals surface area contributed by atoms with E-state index < -0.39 is 0 Å². The summed E-state index contributed by atoms with van der Waals surface area (Å²) in [4.78, 5) is 6.81. The summed E-state index contributed by atoms with van der Waals surface area (Å²) in [5.74, 6) is 0.175. The summed E-state index contributed by atoms with van der Waals surface area (Å²) < 4.78 is 2.04. The first-order valence-electron chi connectivity index (χ1n) is 11.1. The maximum Gasteiger partial charge on any atom is 0.174 e. The molecule has 0 radical (unpaired) electrons. The molecule has 7 heteroatoms. The van der Waals surface area contributed by atoms with Crippen molar-refractivity contribution in [1.29, 1.82) is 0 Å². The van der Waals surface area contributed by atoms with Crippen molar-refractivity contribution in [3.05, 3.63) is 106 Å². The summed E-state index contributed by atoms with van der Waals surface area (Å²) in [6, 6.07) is 21.3. The first-order chi connectivity index (χ1) is 16.3. The Morgan fingerprint density at radius 1 is 1.00 bits per heavy atom. The Kier molecular flexibility index (Phi) is 5.80. The molecule has 0 bridgehead atoms. The molecule has 5 nitrogen and oxygen atoms in total. The average Bonchev–Trinajstić information content (AvgIpc) is 3.32. The van der Waals surface area contributed by atoms with Crippen LogP contribution in [-0.4, -0.2) is 19.8 Å². The van der Waals surface area contributed by atoms with E-state index in [1.54, 1.807) is 24.4 Å². The number of phenols is 1. The molecule has 0 spiro atoms. The number of hydrogen-bond acceptors (Lipinski definition) is 3. The number of aromatic hydroxyl groups is 1. The van der Waals surface area contributed by atoms with E-state index in [9.17, 15) is 5.11 Å². The standard InChI is InChI=1S/C27H25ClN4OS/c1-16-7-10-20(11-8-16)32-26(25(30-27(32)34)22-6-4-5-13-29-22)21-14-17(2)31(18(21)3)23-15-19(28)9-12-24(23)33/h4-15,25-26,33H,1-3H3,(H,30,34). The lowest BCUT2D eigenvalue weighted by atomic mass is 9.96. The van der Waals surface area contributed by atoms with E-state index in [0.717, 1.165) is 28.3 Å². The average molecular weight is 489 g/mol. The van der Waals surface area contributed by atoms with E-state index in [-0.39, 0.29) is 17.8 Å². The van der Waals surface area contributed by atoms with E-state index in [1.165, 1.54) is 5.56 Å². The van der Waals surface area contributed by atoms with Crippen LogP contribution < -0.4 is 10.2 Å². The number of thiocarbonyl (C=S) groups is 1. The van der Waals surface area contributed by atoms with Gasteiger partial charge >= 0.3 is 0 Å². The van der Waals surface area contributed by atoms with E-state index >= 15 is 0 Å². The number of aryl methyl sites for hydroxylation is 2. The fraction of sp³-hybridized carbons (Fsp3) is 0.185. The molecular formula is C27H25ClN4OS. The van der Waals surface area contributed by atoms with Crippen molar-refractivity contribution in [1.82, 2.24) is 14.9 Å². The van der Waals surface area contributed by atoms with Crippen LogP contribution in [0, 0.1) is 20.8 Å². The van der Waals surface area contributed by atoms with Crippen molar-refractivity contribution in [3.63, 3.8) is 0 Å². The van der Waals surface area contributed by atoms with E-state index in [4.69, 9.17) is 23.8 Å². The third kappa shape index (κ3) is 3.83. The van der Waals surface area contributed by atoms with Crippen LogP contribution in [0.2, 0.25) is 5.02 Å². The Balaban J connectivity index is 1.70. The maximum atomic E-state index is 10.6. The van der Waals surface area contributed by atoms with Crippen LogP contribution in [0.25, 0.3) is 5.69 Å². The third-order valence-corrected chi connectivity index (χ3v) is 6.93. The van der Waals surface area contributed by atoms with Crippen LogP contribution in [0.3, 0.4) is 0 Å². The molecule has 4 aromatic rings. The molecule has 1 saturated heterocycles. The second kappa shape index (κ2) is 8.78. The SMILES string of the molecule is Cc1ccc(N2C(=S)NC(c3ccccn3)C2c2cc(C)n(-c3cc(Cl)ccc3O)c2C)cc1. The molecule has 1 fully saturated rings. The number of rotatable bonds is 4. The smallest absolute Gasteiger partial charge is 0.174 e. The molecule has 2 atom stereocenters. The quantitative estimate of drug-likeness (QED) is 0.328. The van der Waals surface area contributed by atoms with Gasteiger partial charge in [0.05, 0.1) is 23.5 Å². The molecule has 34 heavy (non-hydrogen) atoms. The van der Waals surface area contributed by atoms with Crippen molar-refractivity contribution >= 4 is 34.6 Å². The lowest BCUT2D eigenvalue weighted by Gasteiger charge is -2.28. The van der Waals surface area contributed by atoms with E-state index in [2.05, 4.69) is 59.4 Å². The number of anilines is 1. The van der Waals surface area contributed by atoms with Gasteiger partial charge in [0.1, 0.15) is 5.75 Å². The fourth-order valence-corrected chi connectivity index (χ4v) is 5.30. The minimum Gasteiger partial charge on any atom is -0.506 e. The van der Waals surface area contributed by atoms with Gasteiger partial charge in [0.2, 0.25) is 0 Å². The molecule has 0 amide bonds. The minimum atomic E-state index is -0.142. The molecule has 2 aromatic carbocycles. The molecule has 2 unspecified atom stereocenters. The molecule has 0 saturated carbocycles. The predicted octanol–water partition coefficient (Wildman–Crippen LogP) is 6.33. The largest absolute Gasteiger partial charge is 0.506 e. The summed E-state index contributed by atoms with van der Waals surface area (Å²) in [6.45, 7) is 6.17. The summed E-state index contributed by atoms with van der Waals surface area (Å²) in [5.41, 5.74) is 6.87. The van der Waals surface area contributed by atoms with Crippen LogP contribution in [0.15, 0.2) is 72.9 Å². The number of nitrogens with one attached hydrogen (secondary N) is 1. The maximum absolute atomic E-state index is 10.6. The molecule has 2 N–H and O–H groups in total. The second-order valence-electron chi connectivity index (χ2n) is 8.63. The zero-order chi connectivity index (χ0) is 24.0. The number of pyridine rings is 1. The predicted molar refractivity (Wildman–Crippen MR) is 141 cm³/mol. The highest BCUT2D eigenvalue weighted by atomic mass is 35.5. The number of halogens is 1. The van der Waals surface area contributed by atoms with Gasteiger partial charge in [-0.15, -0.1) is 0 Å². The number of aromatic nitrogens is 2. The van der Waals surface area contributed by atoms with Gasteiger partial charge < -0.3 is 19.9 Å². The first kappa shape index (κ1) is 22.4. The Labute approximate surface area is 209 Å². The molecule has 0 aliphatic carbocycles. The number of nitrogens with zero attached hydrogens (tertiary/aromatic N) is 3. The van der Waals surface area contributed by atoms with Gasteiger partial charge in [-0.2, -0.15) is 0 Å². The van der Waals surface area contributed by atoms with E-state index in [0.29, 0.717) is 15.8 Å². The fourth-order valence-electron chi connectivity index (χ4n) is 4.79. The normalized spacial score (nSPS) is 17.8. The molecular weight excluding hydrogens is 464 g/mol. The molecule has 1 aliphatic heterocycles. The Morgan fingerprint density at radius 3 is 2.47 bits per heavy atom. The van der Waals surface area contributed by atoms with Gasteiger partial charge in [-0.1, -0.05) is 35.4 Å². The van der Waals surface area contributed by atoms with Crippen molar-refractivity contribution < 1.29 is 5.11 Å². The van der Waals surface area contributed by atoms with Crippen LogP contribution in [0.1, 0.15) is 40.3 Å². The van der Waals surface area contributed by atoms with Crippen LogP contribution in [0.5, 0.6) is 5.75 Å². The number of phenolic OH excluding ortho intramolecular Hbond substituents is 1. The summed E-state index contributed by atoms with van der Waals surface area (Å²) >= 11 is 12.1. The molecule has 3 heterocycles.